The number of ether oxygens (including phenoxy) is 3. The lowest BCUT2D eigenvalue weighted by atomic mass is 10.1. The molecule has 0 amide bonds. The third kappa shape index (κ3) is 8.86. The summed E-state index contributed by atoms with van der Waals surface area (Å²) in [7, 11) is 5.05. The molecule has 29 heavy (non-hydrogen) atoms. The number of benzene rings is 1. The normalized spacial score (nSPS) is 10.8. The Morgan fingerprint density at radius 1 is 1.07 bits per heavy atom. The predicted octanol–water partition coefficient (Wildman–Crippen LogP) is 3.30. The minimum atomic E-state index is 0. The van der Waals surface area contributed by atoms with Gasteiger partial charge in [-0.15, -0.1) is 24.0 Å². The molecule has 2 aromatic rings. The molecule has 0 radical (unpaired) electrons. The van der Waals surface area contributed by atoms with Crippen molar-refractivity contribution in [3.63, 3.8) is 0 Å². The van der Waals surface area contributed by atoms with E-state index in [-0.39, 0.29) is 24.0 Å². The maximum Gasteiger partial charge on any atom is 0.213 e. The van der Waals surface area contributed by atoms with Gasteiger partial charge < -0.3 is 24.8 Å². The highest BCUT2D eigenvalue weighted by Crippen LogP contribution is 2.20. The summed E-state index contributed by atoms with van der Waals surface area (Å²) in [6.07, 6.45) is 0.855. The van der Waals surface area contributed by atoms with Gasteiger partial charge in [-0.1, -0.05) is 18.2 Å². The third-order valence-electron chi connectivity index (χ3n) is 4.07. The van der Waals surface area contributed by atoms with Crippen molar-refractivity contribution in [2.24, 2.45) is 4.99 Å². The molecule has 0 fully saturated rings. The molecule has 0 unspecified atom stereocenters. The predicted molar refractivity (Wildman–Crippen MR) is 126 cm³/mol. The van der Waals surface area contributed by atoms with Gasteiger partial charge in [-0.2, -0.15) is 0 Å². The van der Waals surface area contributed by atoms with Crippen LogP contribution >= 0.6 is 24.0 Å². The van der Waals surface area contributed by atoms with E-state index in [0.717, 1.165) is 29.0 Å². The van der Waals surface area contributed by atoms with Gasteiger partial charge in [0.25, 0.3) is 0 Å². The van der Waals surface area contributed by atoms with Crippen LogP contribution in [0.3, 0.4) is 0 Å². The molecule has 7 nitrogen and oxygen atoms in total. The van der Waals surface area contributed by atoms with Crippen molar-refractivity contribution < 1.29 is 14.2 Å². The Morgan fingerprint density at radius 2 is 1.86 bits per heavy atom. The summed E-state index contributed by atoms with van der Waals surface area (Å²) < 4.78 is 16.2. The second kappa shape index (κ2) is 14.0. The van der Waals surface area contributed by atoms with Gasteiger partial charge in [0.15, 0.2) is 5.96 Å². The monoisotopic (exact) mass is 514 g/mol. The fourth-order valence-corrected chi connectivity index (χ4v) is 2.57. The minimum Gasteiger partial charge on any atom is -0.493 e. The second-order valence-electron chi connectivity index (χ2n) is 6.26. The SMILES string of the molecule is CN=C(NCc1cccc(OC)n1)NCc1ccc(C)cc1OCCCOC.I. The number of halogens is 1. The van der Waals surface area contributed by atoms with Crippen LogP contribution in [0.15, 0.2) is 41.4 Å². The highest BCUT2D eigenvalue weighted by molar-refractivity contribution is 14.0. The highest BCUT2D eigenvalue weighted by atomic mass is 127. The Morgan fingerprint density at radius 3 is 2.59 bits per heavy atom. The summed E-state index contributed by atoms with van der Waals surface area (Å²) in [5, 5.41) is 6.58. The lowest BCUT2D eigenvalue weighted by molar-refractivity contribution is 0.171. The number of aromatic nitrogens is 1. The fourth-order valence-electron chi connectivity index (χ4n) is 2.57. The minimum absolute atomic E-state index is 0. The van der Waals surface area contributed by atoms with E-state index >= 15 is 0 Å². The molecule has 2 rings (SSSR count). The smallest absolute Gasteiger partial charge is 0.213 e. The van der Waals surface area contributed by atoms with Crippen LogP contribution < -0.4 is 20.1 Å². The van der Waals surface area contributed by atoms with E-state index in [1.54, 1.807) is 21.3 Å². The van der Waals surface area contributed by atoms with Gasteiger partial charge in [0.2, 0.25) is 5.88 Å². The Kier molecular flexibility index (Phi) is 12.1. The van der Waals surface area contributed by atoms with E-state index in [0.29, 0.717) is 38.1 Å². The van der Waals surface area contributed by atoms with Crippen molar-refractivity contribution in [3.8, 4) is 11.6 Å². The van der Waals surface area contributed by atoms with Gasteiger partial charge in [-0.25, -0.2) is 4.98 Å². The molecule has 0 aliphatic carbocycles. The Labute approximate surface area is 190 Å². The Hall–Kier alpha value is -2.07. The molecule has 0 aliphatic heterocycles. The first-order valence-corrected chi connectivity index (χ1v) is 9.32. The number of pyridine rings is 1. The quantitative estimate of drug-likeness (QED) is 0.219. The Bertz CT molecular complexity index is 771. The number of aryl methyl sites for hydroxylation is 1. The van der Waals surface area contributed by atoms with Crippen molar-refractivity contribution in [3.05, 3.63) is 53.2 Å². The number of hydrogen-bond acceptors (Lipinski definition) is 5. The van der Waals surface area contributed by atoms with Gasteiger partial charge in [0.1, 0.15) is 5.75 Å². The molecule has 160 valence electrons. The molecule has 8 heteroatoms. The third-order valence-corrected chi connectivity index (χ3v) is 4.07. The van der Waals surface area contributed by atoms with Gasteiger partial charge in [0, 0.05) is 45.4 Å². The second-order valence-corrected chi connectivity index (χ2v) is 6.26. The van der Waals surface area contributed by atoms with Crippen LogP contribution in [0.5, 0.6) is 11.6 Å². The molecular weight excluding hydrogens is 483 g/mol. The molecule has 0 saturated carbocycles. The first-order valence-electron chi connectivity index (χ1n) is 9.32. The fraction of sp³-hybridized carbons (Fsp3) is 0.429. The summed E-state index contributed by atoms with van der Waals surface area (Å²) in [6.45, 7) is 4.52. The van der Waals surface area contributed by atoms with E-state index in [9.17, 15) is 0 Å². The van der Waals surface area contributed by atoms with Crippen molar-refractivity contribution in [2.45, 2.75) is 26.4 Å². The van der Waals surface area contributed by atoms with E-state index in [1.165, 1.54) is 0 Å². The van der Waals surface area contributed by atoms with E-state index < -0.39 is 0 Å². The van der Waals surface area contributed by atoms with Crippen LogP contribution in [0.25, 0.3) is 0 Å². The molecule has 0 bridgehead atoms. The lowest BCUT2D eigenvalue weighted by Crippen LogP contribution is -2.36. The van der Waals surface area contributed by atoms with Crippen molar-refractivity contribution in [2.75, 3.05) is 34.5 Å². The lowest BCUT2D eigenvalue weighted by Gasteiger charge is -2.15. The maximum absolute atomic E-state index is 5.94. The van der Waals surface area contributed by atoms with Crippen molar-refractivity contribution >= 4 is 29.9 Å². The number of nitrogens with one attached hydrogen (secondary N) is 2. The molecule has 1 aromatic carbocycles. The van der Waals surface area contributed by atoms with Crippen LogP contribution in [0.4, 0.5) is 0 Å². The molecule has 2 N–H and O–H groups in total. The van der Waals surface area contributed by atoms with Crippen LogP contribution in [-0.4, -0.2) is 45.4 Å². The average Bonchev–Trinajstić information content (AvgIpc) is 2.72. The number of methoxy groups -OCH3 is 2. The van der Waals surface area contributed by atoms with Crippen LogP contribution in [-0.2, 0) is 17.8 Å². The zero-order chi connectivity index (χ0) is 20.2. The van der Waals surface area contributed by atoms with Gasteiger partial charge in [-0.3, -0.25) is 4.99 Å². The maximum atomic E-state index is 5.94. The number of guanidine groups is 1. The summed E-state index contributed by atoms with van der Waals surface area (Å²) in [5.74, 6) is 2.17. The highest BCUT2D eigenvalue weighted by Gasteiger charge is 2.07. The van der Waals surface area contributed by atoms with Crippen LogP contribution in [0.2, 0.25) is 0 Å². The van der Waals surface area contributed by atoms with Gasteiger partial charge in [-0.05, 0) is 24.6 Å². The summed E-state index contributed by atoms with van der Waals surface area (Å²) >= 11 is 0. The number of rotatable bonds is 10. The number of nitrogens with zero attached hydrogens (tertiary/aromatic N) is 2. The molecular formula is C21H31IN4O3. The number of aliphatic imine (C=N–C) groups is 1. The van der Waals surface area contributed by atoms with Crippen LogP contribution in [0.1, 0.15) is 23.2 Å². The molecule has 0 spiro atoms. The first-order chi connectivity index (χ1) is 13.7. The molecule has 1 aromatic heterocycles. The van der Waals surface area contributed by atoms with E-state index in [2.05, 4.69) is 45.7 Å². The zero-order valence-electron chi connectivity index (χ0n) is 17.5. The summed E-state index contributed by atoms with van der Waals surface area (Å²) in [4.78, 5) is 8.66. The summed E-state index contributed by atoms with van der Waals surface area (Å²) in [6, 6.07) is 11.9. The molecule has 0 atom stereocenters. The standard InChI is InChI=1S/C21H30N4O3.HI/c1-16-9-10-17(19(13-16)28-12-6-11-26-3)14-23-21(22-2)24-15-18-7-5-8-20(25-18)27-4;/h5,7-10,13H,6,11-12,14-15H2,1-4H3,(H2,22,23,24);1H. The first kappa shape index (κ1) is 25.0. The number of hydrogen-bond donors (Lipinski definition) is 2. The molecule has 1 heterocycles. The van der Waals surface area contributed by atoms with Crippen LogP contribution in [0, 0.1) is 6.92 Å². The van der Waals surface area contributed by atoms with Gasteiger partial charge in [0.05, 0.1) is 26.0 Å². The van der Waals surface area contributed by atoms with Gasteiger partial charge >= 0.3 is 0 Å². The topological polar surface area (TPSA) is 77.0 Å². The van der Waals surface area contributed by atoms with Crippen molar-refractivity contribution in [1.82, 2.24) is 15.6 Å². The van der Waals surface area contributed by atoms with Crippen molar-refractivity contribution in [1.29, 1.82) is 0 Å². The molecule has 0 aliphatic rings. The largest absolute Gasteiger partial charge is 0.493 e. The van der Waals surface area contributed by atoms with E-state index in [1.807, 2.05) is 18.2 Å². The van der Waals surface area contributed by atoms with E-state index in [4.69, 9.17) is 14.2 Å². The Balaban J connectivity index is 0.00000420. The zero-order valence-corrected chi connectivity index (χ0v) is 19.9. The average molecular weight is 514 g/mol. The molecule has 0 saturated heterocycles. The summed E-state index contributed by atoms with van der Waals surface area (Å²) in [5.41, 5.74) is 3.11.